The number of rotatable bonds is 7. The predicted octanol–water partition coefficient (Wildman–Crippen LogP) is 1.32. The van der Waals surface area contributed by atoms with E-state index in [4.69, 9.17) is 14.5 Å². The number of nitrogens with zero attached hydrogens (tertiary/aromatic N) is 5. The highest BCUT2D eigenvalue weighted by Crippen LogP contribution is 2.32. The highest BCUT2D eigenvalue weighted by Gasteiger charge is 2.32. The molecule has 2 aliphatic rings. The Morgan fingerprint density at radius 2 is 2.08 bits per heavy atom. The van der Waals surface area contributed by atoms with Gasteiger partial charge < -0.3 is 19.5 Å². The predicted molar refractivity (Wildman–Crippen MR) is 132 cm³/mol. The number of fused-ring (bicyclic) bond motifs is 1. The van der Waals surface area contributed by atoms with Gasteiger partial charge in [-0.15, -0.1) is 10.6 Å². The Balaban J connectivity index is 1.28. The van der Waals surface area contributed by atoms with Crippen LogP contribution in [0.2, 0.25) is 0 Å². The zero-order chi connectivity index (χ0) is 25.8. The van der Waals surface area contributed by atoms with Crippen molar-refractivity contribution >= 4 is 23.3 Å². The van der Waals surface area contributed by atoms with E-state index in [1.807, 2.05) is 36.4 Å². The zero-order valence-corrected chi connectivity index (χ0v) is 20.0. The molecule has 0 saturated carbocycles. The first kappa shape index (κ1) is 23.8. The average molecular weight is 501 g/mol. The van der Waals surface area contributed by atoms with Crippen LogP contribution in [0.25, 0.3) is 0 Å². The number of likely N-dealkylation sites (N-methyl/N-ethyl adjacent to an activating group) is 1. The van der Waals surface area contributed by atoms with Crippen LogP contribution in [0.5, 0.6) is 5.75 Å². The van der Waals surface area contributed by atoms with Gasteiger partial charge in [0.2, 0.25) is 0 Å². The molecule has 0 fully saturated rings. The quantitative estimate of drug-likeness (QED) is 0.437. The van der Waals surface area contributed by atoms with Crippen LogP contribution in [-0.4, -0.2) is 54.1 Å². The van der Waals surface area contributed by atoms with Gasteiger partial charge in [0.15, 0.2) is 11.5 Å². The molecule has 1 atom stereocenters. The Labute approximate surface area is 212 Å². The highest BCUT2D eigenvalue weighted by molar-refractivity contribution is 6.05. The Kier molecular flexibility index (Phi) is 6.69. The van der Waals surface area contributed by atoms with Gasteiger partial charge in [0.25, 0.3) is 11.8 Å². The third kappa shape index (κ3) is 5.07. The molecular weight excluding hydrogens is 476 g/mol. The van der Waals surface area contributed by atoms with E-state index in [1.165, 1.54) is 4.90 Å². The van der Waals surface area contributed by atoms with Gasteiger partial charge in [0.05, 0.1) is 24.7 Å². The van der Waals surface area contributed by atoms with Gasteiger partial charge in [0.1, 0.15) is 24.2 Å². The molecule has 0 radical (unpaired) electrons. The van der Waals surface area contributed by atoms with Crippen molar-refractivity contribution in [2.75, 3.05) is 25.1 Å². The minimum absolute atomic E-state index is 0.0473. The molecule has 0 unspecified atom stereocenters. The van der Waals surface area contributed by atoms with Gasteiger partial charge in [0, 0.05) is 25.1 Å². The first-order valence-electron chi connectivity index (χ1n) is 11.6. The summed E-state index contributed by atoms with van der Waals surface area (Å²) in [7, 11) is 1.62. The van der Waals surface area contributed by atoms with Crippen molar-refractivity contribution in [1.82, 2.24) is 26.6 Å². The molecule has 0 saturated heterocycles. The summed E-state index contributed by atoms with van der Waals surface area (Å²) < 4.78 is 11.2. The van der Waals surface area contributed by atoms with Crippen LogP contribution in [0, 0.1) is 11.3 Å². The maximum Gasteiger partial charge on any atom is 0.274 e. The number of benzene rings is 2. The fraction of sp³-hybridized carbons (Fsp3) is 0.240. The molecule has 3 aromatic rings. The van der Waals surface area contributed by atoms with Crippen molar-refractivity contribution in [3.8, 4) is 11.8 Å². The third-order valence-electron chi connectivity index (χ3n) is 5.98. The average Bonchev–Trinajstić information content (AvgIpc) is 3.57. The summed E-state index contributed by atoms with van der Waals surface area (Å²) in [4.78, 5) is 27.5. The van der Waals surface area contributed by atoms with Gasteiger partial charge in [-0.25, -0.2) is 5.53 Å². The summed E-state index contributed by atoms with van der Waals surface area (Å²) in [6.45, 7) is 0.377. The van der Waals surface area contributed by atoms with Crippen LogP contribution in [0.1, 0.15) is 33.8 Å². The molecule has 3 N–H and O–H groups in total. The number of anilines is 1. The molecule has 37 heavy (non-hydrogen) atoms. The first-order valence-corrected chi connectivity index (χ1v) is 11.6. The molecule has 5 rings (SSSR count). The molecule has 0 bridgehead atoms. The van der Waals surface area contributed by atoms with E-state index in [-0.39, 0.29) is 18.2 Å². The second kappa shape index (κ2) is 10.4. The van der Waals surface area contributed by atoms with E-state index in [0.717, 1.165) is 5.56 Å². The van der Waals surface area contributed by atoms with Crippen LogP contribution in [0.4, 0.5) is 5.69 Å². The van der Waals surface area contributed by atoms with Crippen molar-refractivity contribution in [2.45, 2.75) is 18.9 Å². The van der Waals surface area contributed by atoms with E-state index in [0.29, 0.717) is 48.0 Å². The van der Waals surface area contributed by atoms with Gasteiger partial charge in [-0.2, -0.15) is 5.26 Å². The van der Waals surface area contributed by atoms with Crippen molar-refractivity contribution < 1.29 is 18.8 Å². The van der Waals surface area contributed by atoms with Crippen LogP contribution in [0.3, 0.4) is 0 Å². The molecule has 188 valence electrons. The van der Waals surface area contributed by atoms with Crippen LogP contribution in [0.15, 0.2) is 64.2 Å². The summed E-state index contributed by atoms with van der Waals surface area (Å²) in [6, 6.07) is 17.8. The lowest BCUT2D eigenvalue weighted by molar-refractivity contribution is -0.120. The Bertz CT molecular complexity index is 1380. The van der Waals surface area contributed by atoms with Crippen molar-refractivity contribution in [2.24, 2.45) is 5.10 Å². The van der Waals surface area contributed by atoms with Gasteiger partial charge in [-0.3, -0.25) is 14.6 Å². The minimum atomic E-state index is -0.929. The number of ether oxygens (including phenoxy) is 1. The number of amidine groups is 1. The Morgan fingerprint density at radius 1 is 1.24 bits per heavy atom. The molecule has 1 aromatic heterocycles. The number of carbonyl (C=O) groups excluding carboxylic acids is 2. The molecule has 12 nitrogen and oxygen atoms in total. The standard InChI is InChI=1S/C25H24N8O4/c1-32-21-13-17(23-28-30-31-33(23)11-5-10-26)8-9-22(21)36-15-20(25(32)35)27-24(34)19-14-18(37-29-19)12-16-6-3-2-4-7-16/h2-4,6-9,13-14,20,30-31H,5,11-12,15H2,1H3,(H,27,34)/t20-/m0/s1. The molecule has 0 spiro atoms. The SMILES string of the molecule is CN1C(=O)[C@@H](NC(=O)c2cc(Cc3ccccc3)on2)COc2ccc(C3=NNNN3CCC#N)cc21. The summed E-state index contributed by atoms with van der Waals surface area (Å²) in [5.41, 5.74) is 7.91. The minimum Gasteiger partial charge on any atom is -0.489 e. The number of hydrogen-bond donors (Lipinski definition) is 3. The van der Waals surface area contributed by atoms with Crippen molar-refractivity contribution in [3.05, 3.63) is 77.2 Å². The van der Waals surface area contributed by atoms with E-state index in [1.54, 1.807) is 30.3 Å². The second-order valence-electron chi connectivity index (χ2n) is 8.48. The maximum atomic E-state index is 13.2. The van der Waals surface area contributed by atoms with Gasteiger partial charge in [-0.05, 0) is 23.8 Å². The van der Waals surface area contributed by atoms with Gasteiger partial charge in [-0.1, -0.05) is 35.5 Å². The summed E-state index contributed by atoms with van der Waals surface area (Å²) in [6.07, 6.45) is 0.804. The number of nitriles is 1. The molecule has 2 aliphatic heterocycles. The number of hydrazine groups is 2. The first-order chi connectivity index (χ1) is 18.0. The van der Waals surface area contributed by atoms with E-state index in [2.05, 4.69) is 32.7 Å². The Morgan fingerprint density at radius 3 is 2.89 bits per heavy atom. The number of nitrogens with one attached hydrogen (secondary N) is 3. The van der Waals surface area contributed by atoms with E-state index < -0.39 is 11.9 Å². The monoisotopic (exact) mass is 500 g/mol. The normalized spacial score (nSPS) is 16.7. The number of carbonyl (C=O) groups is 2. The molecule has 0 aliphatic carbocycles. The van der Waals surface area contributed by atoms with Crippen LogP contribution in [-0.2, 0) is 11.2 Å². The number of aromatic nitrogens is 1. The largest absolute Gasteiger partial charge is 0.489 e. The summed E-state index contributed by atoms with van der Waals surface area (Å²) in [5.74, 6) is 0.731. The van der Waals surface area contributed by atoms with Gasteiger partial charge >= 0.3 is 0 Å². The lowest BCUT2D eigenvalue weighted by Crippen LogP contribution is -2.49. The number of amides is 2. The fourth-order valence-electron chi connectivity index (χ4n) is 4.07. The van der Waals surface area contributed by atoms with Crippen molar-refractivity contribution in [1.29, 1.82) is 5.26 Å². The van der Waals surface area contributed by atoms with E-state index >= 15 is 0 Å². The van der Waals surface area contributed by atoms with E-state index in [9.17, 15) is 9.59 Å². The lowest BCUT2D eigenvalue weighted by Gasteiger charge is -2.21. The number of hydrazone groups is 1. The molecule has 3 heterocycles. The third-order valence-corrected chi connectivity index (χ3v) is 5.98. The van der Waals surface area contributed by atoms with Crippen LogP contribution >= 0.6 is 0 Å². The second-order valence-corrected chi connectivity index (χ2v) is 8.48. The fourth-order valence-corrected chi connectivity index (χ4v) is 4.07. The molecule has 2 amide bonds. The molecule has 12 heteroatoms. The smallest absolute Gasteiger partial charge is 0.274 e. The molecule has 2 aromatic carbocycles. The number of hydrogen-bond acceptors (Lipinski definition) is 10. The zero-order valence-electron chi connectivity index (χ0n) is 20.0. The van der Waals surface area contributed by atoms with Crippen molar-refractivity contribution in [3.63, 3.8) is 0 Å². The summed E-state index contributed by atoms with van der Waals surface area (Å²) in [5, 5.41) is 21.4. The summed E-state index contributed by atoms with van der Waals surface area (Å²) >= 11 is 0. The topological polar surface area (TPSA) is 148 Å². The lowest BCUT2D eigenvalue weighted by atomic mass is 10.1. The molecular formula is C25H24N8O4. The Hall–Kier alpha value is -4.89. The van der Waals surface area contributed by atoms with Crippen LogP contribution < -0.4 is 26.0 Å². The maximum absolute atomic E-state index is 13.2. The highest BCUT2D eigenvalue weighted by atomic mass is 16.5.